The summed E-state index contributed by atoms with van der Waals surface area (Å²) in [6, 6.07) is 12.1. The molecule has 2 fully saturated rings. The van der Waals surface area contributed by atoms with Gasteiger partial charge in [-0.15, -0.1) is 0 Å². The van der Waals surface area contributed by atoms with Crippen molar-refractivity contribution in [1.82, 2.24) is 0 Å². The predicted molar refractivity (Wildman–Crippen MR) is 109 cm³/mol. The van der Waals surface area contributed by atoms with E-state index in [1.165, 1.54) is 64.2 Å². The number of benzene rings is 2. The van der Waals surface area contributed by atoms with Crippen molar-refractivity contribution in [1.29, 1.82) is 0 Å². The number of halogens is 1. The zero-order valence-electron chi connectivity index (χ0n) is 16.2. The molecule has 4 unspecified atom stereocenters. The zero-order chi connectivity index (χ0) is 17.9. The first-order chi connectivity index (χ1) is 12.8. The second-order valence-corrected chi connectivity index (χ2v) is 8.89. The quantitative estimate of drug-likeness (QED) is 0.480. The lowest BCUT2D eigenvalue weighted by atomic mass is 9.63. The highest BCUT2D eigenvalue weighted by atomic mass is 19.1. The molecule has 0 heterocycles. The summed E-state index contributed by atoms with van der Waals surface area (Å²) in [5, 5.41) is 1.82. The lowest BCUT2D eigenvalue weighted by molar-refractivity contribution is 0.112. The van der Waals surface area contributed by atoms with Crippen LogP contribution >= 0.6 is 0 Å². The highest BCUT2D eigenvalue weighted by Crippen LogP contribution is 2.49. The Bertz CT molecular complexity index is 734. The number of unbranched alkanes of at least 4 members (excludes halogenated alkanes) is 2. The fraction of sp³-hybridized carbons (Fsp3) is 0.600. The molecule has 0 aromatic heterocycles. The third-order valence-electron chi connectivity index (χ3n) is 7.27. The van der Waals surface area contributed by atoms with Gasteiger partial charge in [0.2, 0.25) is 0 Å². The lowest BCUT2D eigenvalue weighted by Crippen LogP contribution is -2.30. The molecule has 2 saturated carbocycles. The van der Waals surface area contributed by atoms with Crippen LogP contribution in [0.25, 0.3) is 10.8 Å². The molecule has 0 amide bonds. The summed E-state index contributed by atoms with van der Waals surface area (Å²) in [6.45, 7) is 2.30. The topological polar surface area (TPSA) is 0 Å². The average Bonchev–Trinajstić information content (AvgIpc) is 2.68. The smallest absolute Gasteiger partial charge is 0.134 e. The van der Waals surface area contributed by atoms with E-state index in [4.69, 9.17) is 0 Å². The summed E-state index contributed by atoms with van der Waals surface area (Å²) < 4.78 is 15.1. The number of hydrogen-bond acceptors (Lipinski definition) is 0. The normalized spacial score (nSPS) is 28.8. The maximum Gasteiger partial charge on any atom is 0.134 e. The molecule has 2 aromatic rings. The number of hydrogen-bond donors (Lipinski definition) is 0. The first-order valence-corrected chi connectivity index (χ1v) is 10.9. The van der Waals surface area contributed by atoms with Crippen LogP contribution in [0, 0.1) is 23.6 Å². The van der Waals surface area contributed by atoms with Crippen molar-refractivity contribution >= 4 is 10.8 Å². The minimum atomic E-state index is 0.0415. The SMILES string of the molecule is CCCCCC1CCC2CC(c3ccc4ccccc4c3F)CCC2C1. The molecule has 4 rings (SSSR count). The molecule has 2 aliphatic rings. The molecule has 2 aromatic carbocycles. The first-order valence-electron chi connectivity index (χ1n) is 10.9. The Morgan fingerprint density at radius 1 is 0.885 bits per heavy atom. The fourth-order valence-electron chi connectivity index (χ4n) is 5.78. The summed E-state index contributed by atoms with van der Waals surface area (Å²) in [4.78, 5) is 0. The van der Waals surface area contributed by atoms with E-state index in [1.54, 1.807) is 0 Å². The molecule has 0 N–H and O–H groups in total. The monoisotopic (exact) mass is 352 g/mol. The Kier molecular flexibility index (Phi) is 5.62. The van der Waals surface area contributed by atoms with E-state index in [0.29, 0.717) is 5.92 Å². The summed E-state index contributed by atoms with van der Waals surface area (Å²) in [6.07, 6.45) is 13.5. The molecule has 1 heteroatoms. The van der Waals surface area contributed by atoms with Gasteiger partial charge in [0.05, 0.1) is 0 Å². The molecule has 0 spiro atoms. The number of fused-ring (bicyclic) bond motifs is 2. The van der Waals surface area contributed by atoms with E-state index in [9.17, 15) is 0 Å². The summed E-state index contributed by atoms with van der Waals surface area (Å²) >= 11 is 0. The van der Waals surface area contributed by atoms with E-state index in [1.807, 2.05) is 24.3 Å². The maximum atomic E-state index is 15.1. The molecule has 26 heavy (non-hydrogen) atoms. The van der Waals surface area contributed by atoms with Crippen LogP contribution in [-0.2, 0) is 0 Å². The minimum absolute atomic E-state index is 0.0415. The van der Waals surface area contributed by atoms with Crippen molar-refractivity contribution in [2.24, 2.45) is 17.8 Å². The van der Waals surface area contributed by atoms with Gasteiger partial charge in [-0.05, 0) is 66.7 Å². The van der Waals surface area contributed by atoms with Crippen molar-refractivity contribution in [2.75, 3.05) is 0 Å². The van der Waals surface area contributed by atoms with Gasteiger partial charge in [0.1, 0.15) is 5.82 Å². The summed E-state index contributed by atoms with van der Waals surface area (Å²) in [5.41, 5.74) is 0.979. The third-order valence-corrected chi connectivity index (χ3v) is 7.27. The zero-order valence-corrected chi connectivity index (χ0v) is 16.2. The van der Waals surface area contributed by atoms with E-state index in [0.717, 1.165) is 34.1 Å². The summed E-state index contributed by atoms with van der Waals surface area (Å²) in [5.74, 6) is 3.19. The number of rotatable bonds is 5. The van der Waals surface area contributed by atoms with Crippen LogP contribution in [0.2, 0.25) is 0 Å². The van der Waals surface area contributed by atoms with Crippen LogP contribution < -0.4 is 0 Å². The second kappa shape index (κ2) is 8.11. The van der Waals surface area contributed by atoms with Crippen molar-refractivity contribution in [3.63, 3.8) is 0 Å². The van der Waals surface area contributed by atoms with Crippen molar-refractivity contribution < 1.29 is 4.39 Å². The van der Waals surface area contributed by atoms with Gasteiger partial charge < -0.3 is 0 Å². The molecule has 4 atom stereocenters. The standard InChI is InChI=1S/C25H33F/c1-2-3-4-7-18-10-11-21-17-22(13-12-20(21)16-18)24-15-14-19-8-5-6-9-23(19)25(24)26/h5-6,8-9,14-15,18,20-22H,2-4,7,10-13,16-17H2,1H3. The molecular formula is C25H33F. The second-order valence-electron chi connectivity index (χ2n) is 8.89. The maximum absolute atomic E-state index is 15.1. The van der Waals surface area contributed by atoms with Crippen LogP contribution in [0.3, 0.4) is 0 Å². The van der Waals surface area contributed by atoms with Crippen molar-refractivity contribution in [2.45, 2.75) is 77.0 Å². The van der Waals surface area contributed by atoms with E-state index >= 15 is 4.39 Å². The lowest BCUT2D eigenvalue weighted by Gasteiger charge is -2.42. The van der Waals surface area contributed by atoms with Gasteiger partial charge in [0.25, 0.3) is 0 Å². The summed E-state index contributed by atoms with van der Waals surface area (Å²) in [7, 11) is 0. The third kappa shape index (κ3) is 3.68. The highest BCUT2D eigenvalue weighted by Gasteiger charge is 2.36. The molecule has 0 radical (unpaired) electrons. The van der Waals surface area contributed by atoms with Crippen molar-refractivity contribution in [3.05, 3.63) is 47.8 Å². The van der Waals surface area contributed by atoms with E-state index < -0.39 is 0 Å². The van der Waals surface area contributed by atoms with Gasteiger partial charge in [-0.2, -0.15) is 0 Å². The predicted octanol–water partition coefficient (Wildman–Crippen LogP) is 7.86. The molecular weight excluding hydrogens is 319 g/mol. The highest BCUT2D eigenvalue weighted by molar-refractivity contribution is 5.83. The molecule has 2 aliphatic carbocycles. The first kappa shape index (κ1) is 18.0. The van der Waals surface area contributed by atoms with Gasteiger partial charge in [-0.3, -0.25) is 0 Å². The average molecular weight is 353 g/mol. The van der Waals surface area contributed by atoms with E-state index in [-0.39, 0.29) is 5.82 Å². The van der Waals surface area contributed by atoms with E-state index in [2.05, 4.69) is 19.1 Å². The van der Waals surface area contributed by atoms with Crippen LogP contribution in [0.1, 0.15) is 82.6 Å². The Morgan fingerprint density at radius 3 is 2.58 bits per heavy atom. The molecule has 0 saturated heterocycles. The van der Waals surface area contributed by atoms with Gasteiger partial charge in [-0.1, -0.05) is 75.4 Å². The molecule has 0 aliphatic heterocycles. The van der Waals surface area contributed by atoms with Gasteiger partial charge in [0, 0.05) is 5.39 Å². The molecule has 0 nitrogen and oxygen atoms in total. The van der Waals surface area contributed by atoms with Crippen LogP contribution in [-0.4, -0.2) is 0 Å². The van der Waals surface area contributed by atoms with Crippen LogP contribution in [0.5, 0.6) is 0 Å². The van der Waals surface area contributed by atoms with Crippen LogP contribution in [0.4, 0.5) is 4.39 Å². The fourth-order valence-corrected chi connectivity index (χ4v) is 5.78. The Balaban J connectivity index is 1.43. The molecule has 140 valence electrons. The van der Waals surface area contributed by atoms with Crippen molar-refractivity contribution in [3.8, 4) is 0 Å². The Labute approximate surface area is 158 Å². The largest absolute Gasteiger partial charge is 0.206 e. The van der Waals surface area contributed by atoms with Gasteiger partial charge >= 0.3 is 0 Å². The Morgan fingerprint density at radius 2 is 1.69 bits per heavy atom. The minimum Gasteiger partial charge on any atom is -0.206 e. The molecule has 0 bridgehead atoms. The Hall–Kier alpha value is -1.37. The van der Waals surface area contributed by atoms with Gasteiger partial charge in [0.15, 0.2) is 0 Å². The van der Waals surface area contributed by atoms with Crippen LogP contribution in [0.15, 0.2) is 36.4 Å². The van der Waals surface area contributed by atoms with Gasteiger partial charge in [-0.25, -0.2) is 4.39 Å².